The van der Waals surface area contributed by atoms with Crippen molar-refractivity contribution in [1.29, 1.82) is 0 Å². The van der Waals surface area contributed by atoms with Gasteiger partial charge in [0.15, 0.2) is 0 Å². The molecule has 1 heterocycles. The normalized spacial score (nSPS) is 10.9. The Morgan fingerprint density at radius 1 is 1.20 bits per heavy atom. The van der Waals surface area contributed by atoms with E-state index in [-0.39, 0.29) is 0 Å². The van der Waals surface area contributed by atoms with E-state index in [2.05, 4.69) is 16.9 Å². The van der Waals surface area contributed by atoms with Crippen LogP contribution in [0, 0.1) is 6.92 Å². The van der Waals surface area contributed by atoms with E-state index >= 15 is 0 Å². The molecule has 1 aromatic carbocycles. The summed E-state index contributed by atoms with van der Waals surface area (Å²) in [7, 11) is 0. The summed E-state index contributed by atoms with van der Waals surface area (Å²) in [6.45, 7) is 4.14. The zero-order valence-electron chi connectivity index (χ0n) is 8.92. The molecule has 3 heteroatoms. The third kappa shape index (κ3) is 2.10. The summed E-state index contributed by atoms with van der Waals surface area (Å²) in [5.74, 6) is 0. The molecule has 2 aromatic rings. The molecule has 78 valence electrons. The van der Waals surface area contributed by atoms with E-state index in [9.17, 15) is 0 Å². The van der Waals surface area contributed by atoms with Gasteiger partial charge in [-0.15, -0.1) is 0 Å². The van der Waals surface area contributed by atoms with Crippen LogP contribution in [0.25, 0.3) is 11.0 Å². The van der Waals surface area contributed by atoms with Gasteiger partial charge in [-0.3, -0.25) is 0 Å². The highest BCUT2D eigenvalue weighted by Crippen LogP contribution is 2.18. The smallest absolute Gasteiger partial charge is 0.0905 e. The summed E-state index contributed by atoms with van der Waals surface area (Å²) in [5, 5.41) is 0.708. The Morgan fingerprint density at radius 3 is 2.73 bits per heavy atom. The zero-order chi connectivity index (χ0) is 10.8. The van der Waals surface area contributed by atoms with Gasteiger partial charge in [-0.05, 0) is 31.5 Å². The van der Waals surface area contributed by atoms with Crippen molar-refractivity contribution < 1.29 is 0 Å². The first-order valence-corrected chi connectivity index (χ1v) is 5.51. The summed E-state index contributed by atoms with van der Waals surface area (Å²) in [4.78, 5) is 9.09. The molecule has 1 aromatic heterocycles. The first kappa shape index (κ1) is 10.4. The predicted octanol–water partition coefficient (Wildman–Crippen LogP) is 3.54. The molecular formula is C12H13ClN2. The molecule has 0 spiro atoms. The van der Waals surface area contributed by atoms with Gasteiger partial charge in [0.2, 0.25) is 0 Å². The molecule has 0 N–H and O–H groups in total. The van der Waals surface area contributed by atoms with Crippen molar-refractivity contribution in [1.82, 2.24) is 9.97 Å². The summed E-state index contributed by atoms with van der Waals surface area (Å²) in [6.07, 6.45) is 2.08. The SMILES string of the molecule is CCCc1nc2ccc(Cl)cc2nc1C. The van der Waals surface area contributed by atoms with Crippen molar-refractivity contribution in [2.45, 2.75) is 26.7 Å². The lowest BCUT2D eigenvalue weighted by molar-refractivity contribution is 0.865. The van der Waals surface area contributed by atoms with E-state index in [1.165, 1.54) is 0 Å². The van der Waals surface area contributed by atoms with Crippen LogP contribution in [0.3, 0.4) is 0 Å². The zero-order valence-corrected chi connectivity index (χ0v) is 9.67. The second-order valence-corrected chi connectivity index (χ2v) is 4.08. The minimum Gasteiger partial charge on any atom is -0.250 e. The van der Waals surface area contributed by atoms with Gasteiger partial charge in [0.05, 0.1) is 22.4 Å². The van der Waals surface area contributed by atoms with Crippen LogP contribution in [0.2, 0.25) is 5.02 Å². The fourth-order valence-electron chi connectivity index (χ4n) is 1.63. The van der Waals surface area contributed by atoms with Crippen LogP contribution in [-0.2, 0) is 6.42 Å². The minimum absolute atomic E-state index is 0.708. The molecule has 15 heavy (non-hydrogen) atoms. The molecule has 0 saturated carbocycles. The average Bonchev–Trinajstić information content (AvgIpc) is 2.20. The Hall–Kier alpha value is -1.15. The number of halogens is 1. The van der Waals surface area contributed by atoms with Crippen LogP contribution in [0.1, 0.15) is 24.7 Å². The van der Waals surface area contributed by atoms with Crippen molar-refractivity contribution in [3.63, 3.8) is 0 Å². The average molecular weight is 221 g/mol. The van der Waals surface area contributed by atoms with E-state index in [0.717, 1.165) is 35.3 Å². The second kappa shape index (κ2) is 4.15. The van der Waals surface area contributed by atoms with Gasteiger partial charge >= 0.3 is 0 Å². The van der Waals surface area contributed by atoms with Crippen molar-refractivity contribution in [2.75, 3.05) is 0 Å². The molecule has 0 aliphatic heterocycles. The Morgan fingerprint density at radius 2 is 2.00 bits per heavy atom. The van der Waals surface area contributed by atoms with Gasteiger partial charge in [-0.2, -0.15) is 0 Å². The highest BCUT2D eigenvalue weighted by Gasteiger charge is 2.04. The molecule has 2 nitrogen and oxygen atoms in total. The van der Waals surface area contributed by atoms with Gasteiger partial charge in [0, 0.05) is 5.02 Å². The maximum atomic E-state index is 5.90. The Bertz CT molecular complexity index is 494. The second-order valence-electron chi connectivity index (χ2n) is 3.64. The number of fused-ring (bicyclic) bond motifs is 1. The lowest BCUT2D eigenvalue weighted by atomic mass is 10.2. The van der Waals surface area contributed by atoms with E-state index < -0.39 is 0 Å². The largest absolute Gasteiger partial charge is 0.250 e. The molecule has 0 fully saturated rings. The van der Waals surface area contributed by atoms with Gasteiger partial charge < -0.3 is 0 Å². The highest BCUT2D eigenvalue weighted by atomic mass is 35.5. The van der Waals surface area contributed by atoms with E-state index in [1.54, 1.807) is 0 Å². The molecule has 0 radical (unpaired) electrons. The van der Waals surface area contributed by atoms with Crippen LogP contribution < -0.4 is 0 Å². The van der Waals surface area contributed by atoms with Crippen molar-refractivity contribution in [3.8, 4) is 0 Å². The molecule has 0 atom stereocenters. The van der Waals surface area contributed by atoms with Gasteiger partial charge in [0.1, 0.15) is 0 Å². The van der Waals surface area contributed by atoms with Crippen molar-refractivity contribution >= 4 is 22.6 Å². The number of rotatable bonds is 2. The first-order chi connectivity index (χ1) is 7.20. The summed E-state index contributed by atoms with van der Waals surface area (Å²) >= 11 is 5.90. The van der Waals surface area contributed by atoms with Crippen LogP contribution in [0.4, 0.5) is 0 Å². The van der Waals surface area contributed by atoms with E-state index in [1.807, 2.05) is 25.1 Å². The molecule has 0 bridgehead atoms. The molecular weight excluding hydrogens is 208 g/mol. The van der Waals surface area contributed by atoms with Gasteiger partial charge in [-0.1, -0.05) is 24.9 Å². The Labute approximate surface area is 94.3 Å². The van der Waals surface area contributed by atoms with Gasteiger partial charge in [0.25, 0.3) is 0 Å². The lowest BCUT2D eigenvalue weighted by Crippen LogP contribution is -1.97. The lowest BCUT2D eigenvalue weighted by Gasteiger charge is -2.05. The summed E-state index contributed by atoms with van der Waals surface area (Å²) < 4.78 is 0. The number of hydrogen-bond acceptors (Lipinski definition) is 2. The molecule has 0 aliphatic carbocycles. The highest BCUT2D eigenvalue weighted by molar-refractivity contribution is 6.31. The molecule has 0 amide bonds. The molecule has 0 aliphatic rings. The van der Waals surface area contributed by atoms with Crippen LogP contribution >= 0.6 is 11.6 Å². The minimum atomic E-state index is 0.708. The fraction of sp³-hybridized carbons (Fsp3) is 0.333. The summed E-state index contributed by atoms with van der Waals surface area (Å²) in [5.41, 5.74) is 3.90. The summed E-state index contributed by atoms with van der Waals surface area (Å²) in [6, 6.07) is 5.62. The Balaban J connectivity index is 2.60. The standard InChI is InChI=1S/C12H13ClN2/c1-3-4-10-8(2)14-12-7-9(13)5-6-11(12)15-10/h5-7H,3-4H2,1-2H3. The monoisotopic (exact) mass is 220 g/mol. The van der Waals surface area contributed by atoms with Crippen LogP contribution in [-0.4, -0.2) is 9.97 Å². The van der Waals surface area contributed by atoms with Crippen molar-refractivity contribution in [3.05, 3.63) is 34.6 Å². The van der Waals surface area contributed by atoms with Crippen molar-refractivity contribution in [2.24, 2.45) is 0 Å². The number of aryl methyl sites for hydroxylation is 2. The quantitative estimate of drug-likeness (QED) is 0.774. The maximum absolute atomic E-state index is 5.90. The molecule has 2 rings (SSSR count). The third-order valence-electron chi connectivity index (χ3n) is 2.39. The number of benzene rings is 1. The number of aromatic nitrogens is 2. The number of hydrogen-bond donors (Lipinski definition) is 0. The first-order valence-electron chi connectivity index (χ1n) is 5.13. The van der Waals surface area contributed by atoms with Crippen LogP contribution in [0.15, 0.2) is 18.2 Å². The van der Waals surface area contributed by atoms with E-state index in [0.29, 0.717) is 5.02 Å². The predicted molar refractivity (Wildman–Crippen MR) is 63.3 cm³/mol. The molecule has 0 unspecified atom stereocenters. The maximum Gasteiger partial charge on any atom is 0.0905 e. The van der Waals surface area contributed by atoms with Crippen LogP contribution in [0.5, 0.6) is 0 Å². The van der Waals surface area contributed by atoms with Gasteiger partial charge in [-0.25, -0.2) is 9.97 Å². The Kier molecular flexibility index (Phi) is 2.87. The third-order valence-corrected chi connectivity index (χ3v) is 2.62. The number of nitrogens with zero attached hydrogens (tertiary/aromatic N) is 2. The topological polar surface area (TPSA) is 25.8 Å². The fourth-order valence-corrected chi connectivity index (χ4v) is 1.79. The molecule has 0 saturated heterocycles. The van der Waals surface area contributed by atoms with E-state index in [4.69, 9.17) is 11.6 Å².